The van der Waals surface area contributed by atoms with Crippen LogP contribution in [0.3, 0.4) is 0 Å². The largest absolute Gasteiger partial charge is 0.471 e. The molecule has 0 spiro atoms. The van der Waals surface area contributed by atoms with Gasteiger partial charge in [0.05, 0.1) is 34.3 Å². The highest BCUT2D eigenvalue weighted by atomic mass is 32.1. The highest BCUT2D eigenvalue weighted by Crippen LogP contribution is 2.35. The molecule has 15 heteroatoms. The maximum atomic E-state index is 14.9. The Labute approximate surface area is 205 Å². The van der Waals surface area contributed by atoms with Crippen LogP contribution in [0.15, 0.2) is 41.4 Å². The summed E-state index contributed by atoms with van der Waals surface area (Å²) in [4.78, 5) is 25.6. The molecule has 0 N–H and O–H groups in total. The van der Waals surface area contributed by atoms with Gasteiger partial charge in [-0.05, 0) is 32.9 Å². The molecule has 4 aromatic rings. The molecule has 0 amide bonds. The predicted molar refractivity (Wildman–Crippen MR) is 118 cm³/mol. The molecule has 0 bridgehead atoms. The fourth-order valence-corrected chi connectivity index (χ4v) is 3.80. The SMILES string of the molecule is CC(C)(C)OC(=O)c1cnnc(N(Cc2sc(-c3noc(C(F)(F)F)n3)cc2F)c2cnccn2)c1. The minimum Gasteiger partial charge on any atom is -0.456 e. The van der Waals surface area contributed by atoms with Crippen LogP contribution >= 0.6 is 11.3 Å². The van der Waals surface area contributed by atoms with E-state index in [9.17, 15) is 22.4 Å². The van der Waals surface area contributed by atoms with Crippen LogP contribution in [0.25, 0.3) is 10.7 Å². The zero-order valence-electron chi connectivity index (χ0n) is 18.9. The molecule has 36 heavy (non-hydrogen) atoms. The molecule has 4 aromatic heterocycles. The highest BCUT2D eigenvalue weighted by molar-refractivity contribution is 7.15. The van der Waals surface area contributed by atoms with Gasteiger partial charge >= 0.3 is 18.0 Å². The van der Waals surface area contributed by atoms with E-state index < -0.39 is 35.3 Å². The molecule has 188 valence electrons. The van der Waals surface area contributed by atoms with E-state index in [0.717, 1.165) is 17.4 Å². The lowest BCUT2D eigenvalue weighted by molar-refractivity contribution is -0.159. The van der Waals surface area contributed by atoms with E-state index in [-0.39, 0.29) is 33.5 Å². The predicted octanol–water partition coefficient (Wildman–Crippen LogP) is 4.83. The van der Waals surface area contributed by atoms with Gasteiger partial charge in [0, 0.05) is 12.4 Å². The van der Waals surface area contributed by atoms with Crippen molar-refractivity contribution in [2.75, 3.05) is 4.90 Å². The van der Waals surface area contributed by atoms with Gasteiger partial charge in [0.2, 0.25) is 5.82 Å². The molecule has 0 aliphatic heterocycles. The third-order valence-electron chi connectivity index (χ3n) is 4.33. The summed E-state index contributed by atoms with van der Waals surface area (Å²) >= 11 is 0.816. The molecule has 0 saturated carbocycles. The molecule has 4 rings (SSSR count). The number of alkyl halides is 3. The number of carbonyl (C=O) groups is 1. The van der Waals surface area contributed by atoms with Crippen LogP contribution < -0.4 is 4.90 Å². The normalized spacial score (nSPS) is 12.0. The first-order valence-electron chi connectivity index (χ1n) is 10.2. The molecular weight excluding hydrogens is 506 g/mol. The Morgan fingerprint density at radius 2 is 1.92 bits per heavy atom. The number of ether oxygens (including phenoxy) is 1. The third-order valence-corrected chi connectivity index (χ3v) is 5.42. The molecule has 10 nitrogen and oxygen atoms in total. The van der Waals surface area contributed by atoms with Crippen LogP contribution in [0.5, 0.6) is 0 Å². The van der Waals surface area contributed by atoms with Crippen LogP contribution in [0.2, 0.25) is 0 Å². The van der Waals surface area contributed by atoms with E-state index in [2.05, 4.69) is 34.8 Å². The number of anilines is 2. The average Bonchev–Trinajstić information content (AvgIpc) is 3.44. The Bertz CT molecular complexity index is 1370. The summed E-state index contributed by atoms with van der Waals surface area (Å²) in [5, 5.41) is 11.2. The first-order chi connectivity index (χ1) is 16.9. The Hall–Kier alpha value is -4.01. The Balaban J connectivity index is 1.68. The number of carbonyl (C=O) groups excluding carboxylic acids is 1. The smallest absolute Gasteiger partial charge is 0.456 e. The fraction of sp³-hybridized carbons (Fsp3) is 0.286. The third kappa shape index (κ3) is 5.79. The summed E-state index contributed by atoms with van der Waals surface area (Å²) in [6.07, 6.45) is 0.628. The van der Waals surface area contributed by atoms with Crippen molar-refractivity contribution in [1.82, 2.24) is 30.3 Å². The van der Waals surface area contributed by atoms with E-state index in [4.69, 9.17) is 4.74 Å². The first-order valence-corrected chi connectivity index (χ1v) is 11.0. The van der Waals surface area contributed by atoms with Crippen molar-refractivity contribution in [3.8, 4) is 10.7 Å². The standard InChI is InChI=1S/C21H17F4N7O3S/c1-20(2,3)34-18(33)11-6-15(30-28-8-11)32(16-9-26-4-5-27-16)10-14-12(22)7-13(36-14)17-29-19(35-31-17)21(23,24)25/h4-9H,10H2,1-3H3. The van der Waals surface area contributed by atoms with Gasteiger partial charge in [-0.25, -0.2) is 14.2 Å². The minimum absolute atomic E-state index is 0.0226. The van der Waals surface area contributed by atoms with Crippen LogP contribution in [0.4, 0.5) is 29.2 Å². The van der Waals surface area contributed by atoms with Crippen molar-refractivity contribution in [1.29, 1.82) is 0 Å². The quantitative estimate of drug-likeness (QED) is 0.257. The zero-order valence-corrected chi connectivity index (χ0v) is 19.8. The first kappa shape index (κ1) is 25.1. The summed E-state index contributed by atoms with van der Waals surface area (Å²) in [6.45, 7) is 4.96. The van der Waals surface area contributed by atoms with Crippen molar-refractivity contribution in [3.63, 3.8) is 0 Å². The molecule has 0 radical (unpaired) electrons. The van der Waals surface area contributed by atoms with Crippen LogP contribution in [-0.2, 0) is 17.5 Å². The van der Waals surface area contributed by atoms with E-state index >= 15 is 0 Å². The van der Waals surface area contributed by atoms with Crippen molar-refractivity contribution < 1.29 is 31.6 Å². The fourth-order valence-electron chi connectivity index (χ4n) is 2.85. The zero-order chi connectivity index (χ0) is 26.1. The van der Waals surface area contributed by atoms with E-state index in [1.54, 1.807) is 20.8 Å². The number of hydrogen-bond donors (Lipinski definition) is 0. The molecule has 0 aliphatic rings. The number of thiophene rings is 1. The summed E-state index contributed by atoms with van der Waals surface area (Å²) in [5.74, 6) is -2.93. The number of aromatic nitrogens is 6. The number of nitrogens with zero attached hydrogens (tertiary/aromatic N) is 7. The second kappa shape index (κ2) is 9.56. The Kier molecular flexibility index (Phi) is 6.67. The van der Waals surface area contributed by atoms with Gasteiger partial charge in [0.15, 0.2) is 11.6 Å². The number of hydrogen-bond acceptors (Lipinski definition) is 11. The van der Waals surface area contributed by atoms with Crippen LogP contribution in [0.1, 0.15) is 41.9 Å². The minimum atomic E-state index is -4.83. The lowest BCUT2D eigenvalue weighted by Gasteiger charge is -2.22. The molecule has 0 unspecified atom stereocenters. The van der Waals surface area contributed by atoms with Gasteiger partial charge in [-0.15, -0.1) is 16.4 Å². The van der Waals surface area contributed by atoms with Gasteiger partial charge in [-0.2, -0.15) is 23.3 Å². The molecule has 0 atom stereocenters. The molecule has 0 aliphatic carbocycles. The summed E-state index contributed by atoms with van der Waals surface area (Å²) in [5.41, 5.74) is -0.648. The lowest BCUT2D eigenvalue weighted by atomic mass is 10.2. The van der Waals surface area contributed by atoms with Crippen molar-refractivity contribution in [2.24, 2.45) is 0 Å². The van der Waals surface area contributed by atoms with E-state index in [1.807, 2.05) is 0 Å². The Morgan fingerprint density at radius 1 is 1.14 bits per heavy atom. The molecule has 0 fully saturated rings. The number of esters is 1. The van der Waals surface area contributed by atoms with Gasteiger partial charge in [0.25, 0.3) is 0 Å². The monoisotopic (exact) mass is 523 g/mol. The maximum Gasteiger partial charge on any atom is 0.471 e. The van der Waals surface area contributed by atoms with Crippen molar-refractivity contribution in [2.45, 2.75) is 39.1 Å². The molecule has 4 heterocycles. The second-order valence-corrected chi connectivity index (χ2v) is 9.39. The summed E-state index contributed by atoms with van der Waals surface area (Å²) < 4.78 is 62.8. The summed E-state index contributed by atoms with van der Waals surface area (Å²) in [7, 11) is 0. The lowest BCUT2D eigenvalue weighted by Crippen LogP contribution is -2.25. The summed E-state index contributed by atoms with van der Waals surface area (Å²) in [6, 6.07) is 2.40. The van der Waals surface area contributed by atoms with Gasteiger partial charge < -0.3 is 14.2 Å². The topological polar surface area (TPSA) is 120 Å². The van der Waals surface area contributed by atoms with Crippen molar-refractivity contribution in [3.05, 3.63) is 59.1 Å². The Morgan fingerprint density at radius 3 is 2.56 bits per heavy atom. The van der Waals surface area contributed by atoms with Crippen molar-refractivity contribution >= 4 is 28.9 Å². The van der Waals surface area contributed by atoms with Crippen LogP contribution in [-0.4, -0.2) is 41.9 Å². The highest BCUT2D eigenvalue weighted by Gasteiger charge is 2.38. The number of rotatable bonds is 6. The van der Waals surface area contributed by atoms with Gasteiger partial charge in [0.1, 0.15) is 11.4 Å². The number of halogens is 4. The maximum absolute atomic E-state index is 14.9. The molecular formula is C21H17F4N7O3S. The second-order valence-electron chi connectivity index (χ2n) is 8.26. The van der Waals surface area contributed by atoms with Crippen LogP contribution in [0, 0.1) is 5.82 Å². The van der Waals surface area contributed by atoms with E-state index in [1.165, 1.54) is 35.8 Å². The molecule has 0 saturated heterocycles. The molecule has 0 aromatic carbocycles. The van der Waals surface area contributed by atoms with Gasteiger partial charge in [-0.3, -0.25) is 4.98 Å². The van der Waals surface area contributed by atoms with E-state index in [0.29, 0.717) is 0 Å². The average molecular weight is 523 g/mol. The van der Waals surface area contributed by atoms with Gasteiger partial charge in [-0.1, -0.05) is 5.16 Å².